The summed E-state index contributed by atoms with van der Waals surface area (Å²) in [5.41, 5.74) is 0. The van der Waals surface area contributed by atoms with Crippen molar-refractivity contribution in [2.24, 2.45) is 11.8 Å². The minimum absolute atomic E-state index is 0.240. The fourth-order valence-electron chi connectivity index (χ4n) is 2.17. The van der Waals surface area contributed by atoms with Gasteiger partial charge in [-0.3, -0.25) is 4.79 Å². The number of Topliss-reactive ketones (excluding diaryl/α,β-unsaturated/α-hetero) is 1. The molecule has 0 heterocycles. The molecule has 0 bridgehead atoms. The van der Waals surface area contributed by atoms with Crippen LogP contribution in [0, 0.1) is 11.8 Å². The lowest BCUT2D eigenvalue weighted by atomic mass is 9.87. The van der Waals surface area contributed by atoms with E-state index in [1.54, 1.807) is 6.92 Å². The first kappa shape index (κ1) is 16.6. The van der Waals surface area contributed by atoms with Gasteiger partial charge in [0.1, 0.15) is 5.78 Å². The summed E-state index contributed by atoms with van der Waals surface area (Å²) < 4.78 is 0. The summed E-state index contributed by atoms with van der Waals surface area (Å²) >= 11 is 0. The van der Waals surface area contributed by atoms with Crippen LogP contribution in [0.1, 0.15) is 59.3 Å². The molecule has 0 fully saturated rings. The molecule has 0 radical (unpaired) electrons. The summed E-state index contributed by atoms with van der Waals surface area (Å²) in [6, 6.07) is 0. The number of hydrogen-bond acceptors (Lipinski definition) is 2. The fourth-order valence-corrected chi connectivity index (χ4v) is 2.17. The maximum absolute atomic E-state index is 11.3. The Balaban J connectivity index is 4.04. The van der Waals surface area contributed by atoms with Gasteiger partial charge in [-0.1, -0.05) is 39.5 Å². The lowest BCUT2D eigenvalue weighted by molar-refractivity contribution is -0.120. The predicted octanol–water partition coefficient (Wildman–Crippen LogP) is 3.75. The molecule has 2 unspecified atom stereocenters. The summed E-state index contributed by atoms with van der Waals surface area (Å²) in [6.45, 7) is 7.18. The Morgan fingerprint density at radius 3 is 2.29 bits per heavy atom. The van der Waals surface area contributed by atoms with Crippen molar-refractivity contribution in [3.8, 4) is 0 Å². The number of nitrogens with zero attached hydrogens (tertiary/aromatic N) is 1. The van der Waals surface area contributed by atoms with Gasteiger partial charge in [0.2, 0.25) is 0 Å². The lowest BCUT2D eigenvalue weighted by Gasteiger charge is -2.21. The molecule has 0 spiro atoms. The highest BCUT2D eigenvalue weighted by Gasteiger charge is 2.16. The second-order valence-electron chi connectivity index (χ2n) is 5.70. The van der Waals surface area contributed by atoms with Gasteiger partial charge in [-0.25, -0.2) is 0 Å². The Hall–Kier alpha value is -0.370. The molecule has 0 saturated carbocycles. The molecule has 2 heteroatoms. The first-order chi connectivity index (χ1) is 7.97. The highest BCUT2D eigenvalue weighted by molar-refractivity contribution is 5.77. The van der Waals surface area contributed by atoms with Crippen molar-refractivity contribution >= 4 is 5.78 Å². The van der Waals surface area contributed by atoms with Gasteiger partial charge in [0, 0.05) is 5.92 Å². The van der Waals surface area contributed by atoms with Crippen LogP contribution < -0.4 is 0 Å². The second-order valence-corrected chi connectivity index (χ2v) is 5.70. The average molecular weight is 241 g/mol. The quantitative estimate of drug-likeness (QED) is 0.543. The van der Waals surface area contributed by atoms with Gasteiger partial charge in [0.05, 0.1) is 0 Å². The SMILES string of the molecule is CCCCCC(CCN(C)C)CC(C)C(C)=O. The molecule has 0 amide bonds. The van der Waals surface area contributed by atoms with E-state index in [4.69, 9.17) is 0 Å². The van der Waals surface area contributed by atoms with Gasteiger partial charge >= 0.3 is 0 Å². The van der Waals surface area contributed by atoms with Gasteiger partial charge in [0.15, 0.2) is 0 Å². The Morgan fingerprint density at radius 2 is 1.82 bits per heavy atom. The molecule has 2 nitrogen and oxygen atoms in total. The van der Waals surface area contributed by atoms with Crippen molar-refractivity contribution in [1.82, 2.24) is 4.90 Å². The first-order valence-corrected chi connectivity index (χ1v) is 7.12. The molecular weight excluding hydrogens is 210 g/mol. The van der Waals surface area contributed by atoms with Gasteiger partial charge in [-0.15, -0.1) is 0 Å². The molecule has 0 aromatic rings. The van der Waals surface area contributed by atoms with Crippen LogP contribution in [0.5, 0.6) is 0 Å². The Morgan fingerprint density at radius 1 is 1.18 bits per heavy atom. The van der Waals surface area contributed by atoms with E-state index >= 15 is 0 Å². The highest BCUT2D eigenvalue weighted by atomic mass is 16.1. The van der Waals surface area contributed by atoms with Crippen LogP contribution in [0.15, 0.2) is 0 Å². The Labute approximate surface area is 108 Å². The molecule has 0 N–H and O–H groups in total. The van der Waals surface area contributed by atoms with Crippen molar-refractivity contribution in [2.75, 3.05) is 20.6 Å². The summed E-state index contributed by atoms with van der Waals surface area (Å²) in [4.78, 5) is 13.6. The third-order valence-electron chi connectivity index (χ3n) is 3.58. The van der Waals surface area contributed by atoms with Crippen LogP contribution in [0.25, 0.3) is 0 Å². The van der Waals surface area contributed by atoms with E-state index in [1.807, 2.05) is 0 Å². The smallest absolute Gasteiger partial charge is 0.132 e. The highest BCUT2D eigenvalue weighted by Crippen LogP contribution is 2.22. The van der Waals surface area contributed by atoms with Crippen LogP contribution in [0.3, 0.4) is 0 Å². The van der Waals surface area contributed by atoms with Crippen molar-refractivity contribution in [1.29, 1.82) is 0 Å². The maximum Gasteiger partial charge on any atom is 0.132 e. The fraction of sp³-hybridized carbons (Fsp3) is 0.933. The monoisotopic (exact) mass is 241 g/mol. The van der Waals surface area contributed by atoms with E-state index in [0.717, 1.165) is 18.9 Å². The van der Waals surface area contributed by atoms with E-state index in [2.05, 4.69) is 32.8 Å². The molecular formula is C15H31NO. The van der Waals surface area contributed by atoms with Gasteiger partial charge in [0.25, 0.3) is 0 Å². The number of rotatable bonds is 10. The normalized spacial score (nSPS) is 14.9. The molecule has 0 saturated heterocycles. The number of unbranched alkanes of at least 4 members (excludes halogenated alkanes) is 2. The van der Waals surface area contributed by atoms with Crippen LogP contribution in [0.4, 0.5) is 0 Å². The van der Waals surface area contributed by atoms with Crippen LogP contribution in [0.2, 0.25) is 0 Å². The third-order valence-corrected chi connectivity index (χ3v) is 3.58. The molecule has 17 heavy (non-hydrogen) atoms. The lowest BCUT2D eigenvalue weighted by Crippen LogP contribution is -2.19. The zero-order valence-electron chi connectivity index (χ0n) is 12.5. The zero-order chi connectivity index (χ0) is 13.3. The molecule has 0 aromatic heterocycles. The average Bonchev–Trinajstić information content (AvgIpc) is 2.25. The molecule has 0 aliphatic carbocycles. The number of carbonyl (C=O) groups excluding carboxylic acids is 1. The topological polar surface area (TPSA) is 20.3 Å². The molecule has 0 rings (SSSR count). The van der Waals surface area contributed by atoms with E-state index in [-0.39, 0.29) is 5.92 Å². The minimum atomic E-state index is 0.240. The van der Waals surface area contributed by atoms with Gasteiger partial charge in [-0.2, -0.15) is 0 Å². The number of carbonyl (C=O) groups is 1. The number of ketones is 1. The van der Waals surface area contributed by atoms with Gasteiger partial charge < -0.3 is 4.90 Å². The van der Waals surface area contributed by atoms with Gasteiger partial charge in [-0.05, 0) is 46.3 Å². The standard InChI is InChI=1S/C15H31NO/c1-6-7-8-9-15(10-11-16(4)5)12-13(2)14(3)17/h13,15H,6-12H2,1-5H3. The molecule has 2 atom stereocenters. The predicted molar refractivity (Wildman–Crippen MR) is 75.3 cm³/mol. The molecule has 0 aromatic carbocycles. The zero-order valence-corrected chi connectivity index (χ0v) is 12.5. The first-order valence-electron chi connectivity index (χ1n) is 7.12. The van der Waals surface area contributed by atoms with Crippen LogP contribution in [-0.4, -0.2) is 31.3 Å². The third kappa shape index (κ3) is 9.34. The van der Waals surface area contributed by atoms with E-state index in [1.165, 1.54) is 32.1 Å². The molecule has 102 valence electrons. The van der Waals surface area contributed by atoms with E-state index in [0.29, 0.717) is 5.78 Å². The van der Waals surface area contributed by atoms with Crippen molar-refractivity contribution in [3.05, 3.63) is 0 Å². The summed E-state index contributed by atoms with van der Waals surface area (Å²) in [5.74, 6) is 1.31. The maximum atomic E-state index is 11.3. The summed E-state index contributed by atoms with van der Waals surface area (Å²) in [6.07, 6.45) is 7.52. The van der Waals surface area contributed by atoms with E-state index in [9.17, 15) is 4.79 Å². The van der Waals surface area contributed by atoms with E-state index < -0.39 is 0 Å². The Bertz CT molecular complexity index is 201. The minimum Gasteiger partial charge on any atom is -0.309 e. The van der Waals surface area contributed by atoms with Crippen molar-refractivity contribution in [2.45, 2.75) is 59.3 Å². The molecule has 0 aliphatic rings. The number of hydrogen-bond donors (Lipinski definition) is 0. The van der Waals surface area contributed by atoms with Crippen molar-refractivity contribution in [3.63, 3.8) is 0 Å². The molecule has 0 aliphatic heterocycles. The largest absolute Gasteiger partial charge is 0.309 e. The Kier molecular flexibility index (Phi) is 9.43. The van der Waals surface area contributed by atoms with Crippen LogP contribution >= 0.6 is 0 Å². The second kappa shape index (κ2) is 9.64. The van der Waals surface area contributed by atoms with Crippen molar-refractivity contribution < 1.29 is 4.79 Å². The summed E-state index contributed by atoms with van der Waals surface area (Å²) in [7, 11) is 4.25. The summed E-state index contributed by atoms with van der Waals surface area (Å²) in [5, 5.41) is 0. The van der Waals surface area contributed by atoms with Crippen LogP contribution in [-0.2, 0) is 4.79 Å².